The zero-order valence-corrected chi connectivity index (χ0v) is 16.4. The molecule has 1 fully saturated rings. The van der Waals surface area contributed by atoms with Gasteiger partial charge in [-0.05, 0) is 74.7 Å². The quantitative estimate of drug-likeness (QED) is 0.547. The van der Waals surface area contributed by atoms with Crippen LogP contribution in [-0.4, -0.2) is 40.8 Å². The molecule has 0 bridgehead atoms. The Labute approximate surface area is 159 Å². The van der Waals surface area contributed by atoms with Gasteiger partial charge in [0.25, 0.3) is 5.91 Å². The molecule has 5 nitrogen and oxygen atoms in total. The number of rotatable bonds is 8. The molecule has 26 heavy (non-hydrogen) atoms. The number of amides is 1. The first-order chi connectivity index (χ1) is 12.5. The van der Waals surface area contributed by atoms with Crippen LogP contribution in [0, 0.1) is 0 Å². The molecule has 1 N–H and O–H groups in total. The number of likely N-dealkylation sites (N-methyl/N-ethyl adjacent to an activating group) is 1. The van der Waals surface area contributed by atoms with E-state index in [2.05, 4.69) is 11.6 Å². The van der Waals surface area contributed by atoms with Crippen LogP contribution < -0.4 is 4.74 Å². The predicted molar refractivity (Wildman–Crippen MR) is 109 cm³/mol. The fraction of sp³-hybridized carbons (Fsp3) is 0.400. The largest absolute Gasteiger partial charge is 0.504 e. The van der Waals surface area contributed by atoms with Crippen molar-refractivity contribution in [2.45, 2.75) is 33.6 Å². The molecule has 0 unspecified atom stereocenters. The molecule has 1 saturated heterocycles. The Bertz CT molecular complexity index is 741. The molecule has 0 aliphatic carbocycles. The maximum atomic E-state index is 12.6. The van der Waals surface area contributed by atoms with E-state index in [1.165, 1.54) is 11.8 Å². The molecule has 1 aliphatic rings. The van der Waals surface area contributed by atoms with E-state index in [9.17, 15) is 9.90 Å². The smallest absolute Gasteiger partial charge is 0.266 e. The fourth-order valence-corrected chi connectivity index (χ4v) is 3.78. The molecule has 0 saturated carbocycles. The minimum absolute atomic E-state index is 0.0385. The second kappa shape index (κ2) is 9.48. The number of phenolic OH excluding ortho intramolecular Hbond substituents is 1. The summed E-state index contributed by atoms with van der Waals surface area (Å²) in [5.74, 6) is 0.555. The van der Waals surface area contributed by atoms with Gasteiger partial charge >= 0.3 is 0 Å². The number of aromatic hydroxyl groups is 1. The first-order valence-electron chi connectivity index (χ1n) is 8.91. The number of benzene rings is 1. The maximum Gasteiger partial charge on any atom is 0.266 e. The Morgan fingerprint density at radius 1 is 1.35 bits per heavy atom. The number of ether oxygens (including phenoxy) is 1. The van der Waals surface area contributed by atoms with Gasteiger partial charge in [-0.15, -0.1) is 6.58 Å². The van der Waals surface area contributed by atoms with Crippen molar-refractivity contribution in [1.29, 1.82) is 0 Å². The standard InChI is InChI=1S/C20H26N2O3S/c1-5-9-10-15-11-14(12-16(18(15)23)25-8-4)13-17-19(24)22(7-3)20(26-17)21-6-2/h5,11-13,23H,1,6-10H2,2-4H3/b17-13-,21-20?. The van der Waals surface area contributed by atoms with E-state index < -0.39 is 0 Å². The zero-order chi connectivity index (χ0) is 19.1. The van der Waals surface area contributed by atoms with Gasteiger partial charge in [0, 0.05) is 13.1 Å². The van der Waals surface area contributed by atoms with Crippen LogP contribution in [0.25, 0.3) is 6.08 Å². The summed E-state index contributed by atoms with van der Waals surface area (Å²) in [7, 11) is 0. The van der Waals surface area contributed by atoms with E-state index in [0.717, 1.165) is 22.7 Å². The van der Waals surface area contributed by atoms with Crippen molar-refractivity contribution < 1.29 is 14.6 Å². The molecular formula is C20H26N2O3S. The molecule has 0 spiro atoms. The van der Waals surface area contributed by atoms with Gasteiger partial charge < -0.3 is 9.84 Å². The van der Waals surface area contributed by atoms with Crippen LogP contribution in [0.15, 0.2) is 34.7 Å². The Kier molecular flexibility index (Phi) is 7.33. The van der Waals surface area contributed by atoms with Gasteiger partial charge in [-0.2, -0.15) is 0 Å². The number of aryl methyl sites for hydroxylation is 1. The molecule has 0 aromatic heterocycles. The number of hydrogen-bond acceptors (Lipinski definition) is 5. The summed E-state index contributed by atoms with van der Waals surface area (Å²) in [5.41, 5.74) is 1.61. The minimum atomic E-state index is -0.0385. The number of amidine groups is 1. The van der Waals surface area contributed by atoms with Gasteiger partial charge in [0.05, 0.1) is 11.5 Å². The number of hydrogen-bond donors (Lipinski definition) is 1. The molecular weight excluding hydrogens is 348 g/mol. The van der Waals surface area contributed by atoms with Gasteiger partial charge in [0.1, 0.15) is 0 Å². The Morgan fingerprint density at radius 3 is 2.73 bits per heavy atom. The Hall–Kier alpha value is -2.21. The number of aliphatic imine (C=N–C) groups is 1. The van der Waals surface area contributed by atoms with Crippen molar-refractivity contribution in [3.8, 4) is 11.5 Å². The number of carbonyl (C=O) groups excluding carboxylic acids is 1. The Balaban J connectivity index is 2.42. The zero-order valence-electron chi connectivity index (χ0n) is 15.6. The highest BCUT2D eigenvalue weighted by Crippen LogP contribution is 2.36. The lowest BCUT2D eigenvalue weighted by atomic mass is 10.0. The summed E-state index contributed by atoms with van der Waals surface area (Å²) in [5, 5.41) is 11.1. The van der Waals surface area contributed by atoms with E-state index >= 15 is 0 Å². The predicted octanol–water partition coefficient (Wildman–Crippen LogP) is 4.22. The molecule has 1 aromatic carbocycles. The van der Waals surface area contributed by atoms with Crippen LogP contribution in [0.1, 0.15) is 38.3 Å². The third-order valence-corrected chi connectivity index (χ3v) is 4.93. The topological polar surface area (TPSA) is 62.1 Å². The molecule has 140 valence electrons. The normalized spacial score (nSPS) is 17.3. The van der Waals surface area contributed by atoms with Crippen LogP contribution in [0.4, 0.5) is 0 Å². The number of phenols is 1. The lowest BCUT2D eigenvalue weighted by molar-refractivity contribution is -0.122. The lowest BCUT2D eigenvalue weighted by Gasteiger charge is -2.12. The van der Waals surface area contributed by atoms with Gasteiger partial charge in [0.2, 0.25) is 0 Å². The molecule has 1 aromatic rings. The number of nitrogens with zero attached hydrogens (tertiary/aromatic N) is 2. The van der Waals surface area contributed by atoms with Gasteiger partial charge in [-0.1, -0.05) is 6.08 Å². The van der Waals surface area contributed by atoms with Crippen molar-refractivity contribution in [3.05, 3.63) is 40.8 Å². The van der Waals surface area contributed by atoms with Crippen LogP contribution in [-0.2, 0) is 11.2 Å². The van der Waals surface area contributed by atoms with Crippen molar-refractivity contribution in [1.82, 2.24) is 4.90 Å². The van der Waals surface area contributed by atoms with Gasteiger partial charge in [0.15, 0.2) is 16.7 Å². The second-order valence-electron chi connectivity index (χ2n) is 5.70. The summed E-state index contributed by atoms with van der Waals surface area (Å²) in [6.07, 6.45) is 5.07. The van der Waals surface area contributed by atoms with E-state index in [1.807, 2.05) is 39.0 Å². The van der Waals surface area contributed by atoms with E-state index in [0.29, 0.717) is 36.8 Å². The molecule has 1 heterocycles. The fourth-order valence-electron chi connectivity index (χ4n) is 2.68. The summed E-state index contributed by atoms with van der Waals surface area (Å²) in [4.78, 5) is 19.3. The summed E-state index contributed by atoms with van der Waals surface area (Å²) < 4.78 is 5.56. The Morgan fingerprint density at radius 2 is 2.12 bits per heavy atom. The molecule has 0 atom stereocenters. The molecule has 6 heteroatoms. The number of carbonyl (C=O) groups is 1. The van der Waals surface area contributed by atoms with E-state index in [1.54, 1.807) is 11.0 Å². The molecule has 2 rings (SSSR count). The van der Waals surface area contributed by atoms with Gasteiger partial charge in [-0.25, -0.2) is 0 Å². The lowest BCUT2D eigenvalue weighted by Crippen LogP contribution is -2.28. The minimum Gasteiger partial charge on any atom is -0.504 e. The van der Waals surface area contributed by atoms with Crippen LogP contribution in [0.3, 0.4) is 0 Å². The van der Waals surface area contributed by atoms with Crippen LogP contribution >= 0.6 is 11.8 Å². The van der Waals surface area contributed by atoms with Crippen molar-refractivity contribution >= 4 is 28.9 Å². The van der Waals surface area contributed by atoms with Crippen molar-refractivity contribution in [3.63, 3.8) is 0 Å². The van der Waals surface area contributed by atoms with Crippen molar-refractivity contribution in [2.75, 3.05) is 19.7 Å². The van der Waals surface area contributed by atoms with E-state index in [4.69, 9.17) is 4.74 Å². The second-order valence-corrected chi connectivity index (χ2v) is 6.71. The maximum absolute atomic E-state index is 12.6. The highest BCUT2D eigenvalue weighted by Gasteiger charge is 2.31. The average molecular weight is 375 g/mol. The monoisotopic (exact) mass is 374 g/mol. The van der Waals surface area contributed by atoms with Gasteiger partial charge in [-0.3, -0.25) is 14.7 Å². The first kappa shape index (κ1) is 20.1. The first-order valence-corrected chi connectivity index (χ1v) is 9.72. The summed E-state index contributed by atoms with van der Waals surface area (Å²) in [6.45, 7) is 11.2. The third kappa shape index (κ3) is 4.49. The SMILES string of the molecule is C=CCCc1cc(/C=C2\SC(=NCC)N(CC)C2=O)cc(OCC)c1O. The van der Waals surface area contributed by atoms with Crippen molar-refractivity contribution in [2.24, 2.45) is 4.99 Å². The van der Waals surface area contributed by atoms with E-state index in [-0.39, 0.29) is 11.7 Å². The highest BCUT2D eigenvalue weighted by molar-refractivity contribution is 8.18. The van der Waals surface area contributed by atoms with Crippen LogP contribution in [0.5, 0.6) is 11.5 Å². The highest BCUT2D eigenvalue weighted by atomic mass is 32.2. The molecule has 0 radical (unpaired) electrons. The van der Waals surface area contributed by atoms with Crippen LogP contribution in [0.2, 0.25) is 0 Å². The third-order valence-electron chi connectivity index (χ3n) is 3.89. The molecule has 1 aliphatic heterocycles. The average Bonchev–Trinajstić information content (AvgIpc) is 2.91. The number of thioether (sulfide) groups is 1. The number of allylic oxidation sites excluding steroid dienone is 1. The summed E-state index contributed by atoms with van der Waals surface area (Å²) in [6, 6.07) is 3.66. The summed E-state index contributed by atoms with van der Waals surface area (Å²) >= 11 is 1.39. The molecule has 1 amide bonds.